The van der Waals surface area contributed by atoms with Crippen LogP contribution >= 0.6 is 24.4 Å². The van der Waals surface area contributed by atoms with Crippen LogP contribution in [0.25, 0.3) is 0 Å². The van der Waals surface area contributed by atoms with E-state index in [-0.39, 0.29) is 16.4 Å². The molecule has 0 bridgehead atoms. The molecule has 0 radical (unpaired) electrons. The molecule has 0 aliphatic rings. The van der Waals surface area contributed by atoms with Crippen molar-refractivity contribution in [1.82, 2.24) is 4.98 Å². The molecule has 0 fully saturated rings. The molecular weight excluding hydrogens is 216 g/mol. The van der Waals surface area contributed by atoms with Crippen molar-refractivity contribution < 1.29 is 0 Å². The van der Waals surface area contributed by atoms with Crippen molar-refractivity contribution in [3.05, 3.63) is 11.1 Å². The molecule has 1 rings (SSSR count). The second-order valence-electron chi connectivity index (χ2n) is 2.33. The number of nitriles is 2. The average molecular weight is 222 g/mol. The van der Waals surface area contributed by atoms with Crippen LogP contribution in [0.5, 0.6) is 0 Å². The van der Waals surface area contributed by atoms with Crippen molar-refractivity contribution in [2.24, 2.45) is 0 Å². The van der Waals surface area contributed by atoms with Gasteiger partial charge in [0.2, 0.25) is 0 Å². The first-order chi connectivity index (χ1) is 6.65. The first-order valence-electron chi connectivity index (χ1n) is 3.52. The average Bonchev–Trinajstić information content (AvgIpc) is 2.16. The highest BCUT2D eigenvalue weighted by molar-refractivity contribution is 7.98. The maximum absolute atomic E-state index is 8.84. The lowest BCUT2D eigenvalue weighted by Gasteiger charge is -2.06. The lowest BCUT2D eigenvalue weighted by molar-refractivity contribution is 1.07. The molecule has 1 heterocycles. The second-order valence-corrected chi connectivity index (χ2v) is 3.57. The predicted molar refractivity (Wildman–Crippen MR) is 57.1 cm³/mol. The van der Waals surface area contributed by atoms with Gasteiger partial charge in [0.25, 0.3) is 0 Å². The normalized spacial score (nSPS) is 9.14. The molecule has 0 aliphatic carbocycles. The number of nitrogens with two attached hydrogens (primary N) is 1. The second kappa shape index (κ2) is 4.23. The molecule has 14 heavy (non-hydrogen) atoms. The molecule has 0 aliphatic heterocycles. The van der Waals surface area contributed by atoms with Gasteiger partial charge in [0.1, 0.15) is 28.5 Å². The molecule has 1 aromatic rings. The van der Waals surface area contributed by atoms with Crippen LogP contribution in [0.1, 0.15) is 11.1 Å². The Kier molecular flexibility index (Phi) is 3.23. The first-order valence-corrected chi connectivity index (χ1v) is 5.19. The number of pyridine rings is 1. The quantitative estimate of drug-likeness (QED) is 0.554. The molecule has 0 unspecified atom stereocenters. The van der Waals surface area contributed by atoms with E-state index in [9.17, 15) is 0 Å². The van der Waals surface area contributed by atoms with Crippen LogP contribution in [0.2, 0.25) is 0 Å². The minimum atomic E-state index is 0.112. The summed E-state index contributed by atoms with van der Waals surface area (Å²) in [5.74, 6) is 0.112. The van der Waals surface area contributed by atoms with Gasteiger partial charge in [0.15, 0.2) is 0 Å². The minimum absolute atomic E-state index is 0.112. The summed E-state index contributed by atoms with van der Waals surface area (Å²) in [4.78, 5) is 4.34. The van der Waals surface area contributed by atoms with Crippen molar-refractivity contribution in [3.63, 3.8) is 0 Å². The summed E-state index contributed by atoms with van der Waals surface area (Å²) in [6, 6.07) is 3.87. The molecule has 70 valence electrons. The Morgan fingerprint density at radius 2 is 1.93 bits per heavy atom. The monoisotopic (exact) mass is 222 g/mol. The van der Waals surface area contributed by atoms with E-state index in [0.717, 1.165) is 0 Å². The van der Waals surface area contributed by atoms with E-state index < -0.39 is 0 Å². The lowest BCUT2D eigenvalue weighted by Crippen LogP contribution is -2.00. The van der Waals surface area contributed by atoms with Gasteiger partial charge in [-0.15, -0.1) is 24.4 Å². The fraction of sp³-hybridized carbons (Fsp3) is 0.125. The highest BCUT2D eigenvalue weighted by Gasteiger charge is 2.15. The zero-order valence-electron chi connectivity index (χ0n) is 7.27. The molecule has 1 aromatic heterocycles. The number of nitrogen functional groups attached to an aromatic ring is 1. The first kappa shape index (κ1) is 10.7. The maximum Gasteiger partial charge on any atom is 0.143 e. The molecule has 0 atom stereocenters. The largest absolute Gasteiger partial charge is 0.383 e. The van der Waals surface area contributed by atoms with Gasteiger partial charge in [-0.05, 0) is 6.26 Å². The van der Waals surface area contributed by atoms with Crippen molar-refractivity contribution in [3.8, 4) is 12.1 Å². The minimum Gasteiger partial charge on any atom is -0.383 e. The van der Waals surface area contributed by atoms with Crippen molar-refractivity contribution >= 4 is 30.2 Å². The topological polar surface area (TPSA) is 86.5 Å². The van der Waals surface area contributed by atoms with E-state index in [1.807, 2.05) is 12.1 Å². The Morgan fingerprint density at radius 1 is 1.36 bits per heavy atom. The third kappa shape index (κ3) is 1.63. The van der Waals surface area contributed by atoms with Gasteiger partial charge in [-0.1, -0.05) is 0 Å². The Labute approximate surface area is 91.1 Å². The zero-order valence-corrected chi connectivity index (χ0v) is 8.99. The van der Waals surface area contributed by atoms with Crippen molar-refractivity contribution in [2.75, 3.05) is 12.0 Å². The number of rotatable bonds is 1. The highest BCUT2D eigenvalue weighted by Crippen LogP contribution is 2.30. The van der Waals surface area contributed by atoms with E-state index in [1.165, 1.54) is 11.8 Å². The molecule has 0 saturated carbocycles. The standard InChI is InChI=1S/C8H6N4S2/c1-14-6-4(2-9)7(11)12-8(13)5(6)3-10/h1H3,(H3,11,12,13). The van der Waals surface area contributed by atoms with Crippen LogP contribution in [0.3, 0.4) is 0 Å². The smallest absolute Gasteiger partial charge is 0.143 e. The van der Waals surface area contributed by atoms with Crippen molar-refractivity contribution in [2.45, 2.75) is 9.92 Å². The maximum atomic E-state index is 8.84. The molecule has 2 N–H and O–H groups in total. The van der Waals surface area contributed by atoms with Crippen molar-refractivity contribution in [1.29, 1.82) is 10.5 Å². The summed E-state index contributed by atoms with van der Waals surface area (Å²) in [7, 11) is 0. The van der Waals surface area contributed by atoms with E-state index in [1.54, 1.807) is 6.26 Å². The fourth-order valence-electron chi connectivity index (χ4n) is 0.982. The summed E-state index contributed by atoms with van der Waals surface area (Å²) < 4.78 is 0. The van der Waals surface area contributed by atoms with Crippen LogP contribution in [0.15, 0.2) is 9.92 Å². The number of aromatic nitrogens is 1. The van der Waals surface area contributed by atoms with Gasteiger partial charge in [-0.3, -0.25) is 0 Å². The van der Waals surface area contributed by atoms with Gasteiger partial charge in [-0.2, -0.15) is 10.5 Å². The van der Waals surface area contributed by atoms with Crippen LogP contribution in [0, 0.1) is 22.7 Å². The summed E-state index contributed by atoms with van der Waals surface area (Å²) in [6.07, 6.45) is 1.77. The molecule has 0 amide bonds. The lowest BCUT2D eigenvalue weighted by atomic mass is 10.2. The van der Waals surface area contributed by atoms with Gasteiger partial charge >= 0.3 is 0 Å². The van der Waals surface area contributed by atoms with Gasteiger partial charge < -0.3 is 5.73 Å². The Hall–Kier alpha value is -1.37. The number of thiol groups is 1. The molecule has 0 spiro atoms. The molecule has 4 nitrogen and oxygen atoms in total. The molecule has 0 saturated heterocycles. The van der Waals surface area contributed by atoms with Gasteiger partial charge in [0.05, 0.1) is 5.56 Å². The zero-order chi connectivity index (χ0) is 10.7. The van der Waals surface area contributed by atoms with Gasteiger partial charge in [-0.25, -0.2) is 4.98 Å². The summed E-state index contributed by atoms with van der Waals surface area (Å²) in [6.45, 7) is 0. The number of thioether (sulfide) groups is 1. The van der Waals surface area contributed by atoms with E-state index in [4.69, 9.17) is 16.3 Å². The Balaban J connectivity index is 3.64. The highest BCUT2D eigenvalue weighted by atomic mass is 32.2. The predicted octanol–water partition coefficient (Wildman–Crippen LogP) is 1.42. The van der Waals surface area contributed by atoms with E-state index >= 15 is 0 Å². The number of hydrogen-bond acceptors (Lipinski definition) is 6. The fourth-order valence-corrected chi connectivity index (χ4v) is 2.03. The molecule has 6 heteroatoms. The van der Waals surface area contributed by atoms with E-state index in [2.05, 4.69) is 17.6 Å². The summed E-state index contributed by atoms with van der Waals surface area (Å²) in [5, 5.41) is 17.9. The Morgan fingerprint density at radius 3 is 2.36 bits per heavy atom. The third-order valence-corrected chi connectivity index (χ3v) is 2.73. The third-order valence-electron chi connectivity index (χ3n) is 1.59. The van der Waals surface area contributed by atoms with Crippen LogP contribution in [-0.4, -0.2) is 11.2 Å². The van der Waals surface area contributed by atoms with Gasteiger partial charge in [0, 0.05) is 4.90 Å². The van der Waals surface area contributed by atoms with E-state index in [0.29, 0.717) is 10.5 Å². The summed E-state index contributed by atoms with van der Waals surface area (Å²) >= 11 is 5.31. The number of nitrogens with zero attached hydrogens (tertiary/aromatic N) is 3. The SMILES string of the molecule is CSc1c(C#N)c(N)nc(S)c1C#N. The number of hydrogen-bond donors (Lipinski definition) is 2. The number of anilines is 1. The molecular formula is C8H6N4S2. The van der Waals surface area contributed by atoms with Crippen LogP contribution in [-0.2, 0) is 0 Å². The summed E-state index contributed by atoms with van der Waals surface area (Å²) in [5.41, 5.74) is 6.07. The molecule has 0 aromatic carbocycles. The Bertz CT molecular complexity index is 418. The van der Waals surface area contributed by atoms with Crippen LogP contribution in [0.4, 0.5) is 5.82 Å². The van der Waals surface area contributed by atoms with Crippen LogP contribution < -0.4 is 5.73 Å².